The van der Waals surface area contributed by atoms with Crippen molar-refractivity contribution in [1.82, 2.24) is 10.3 Å². The third-order valence-corrected chi connectivity index (χ3v) is 4.04. The lowest BCUT2D eigenvalue weighted by Gasteiger charge is -2.24. The first-order valence-electron chi connectivity index (χ1n) is 8.08. The molecule has 3 heteroatoms. The molecule has 21 heavy (non-hydrogen) atoms. The second-order valence-corrected chi connectivity index (χ2v) is 6.52. The summed E-state index contributed by atoms with van der Waals surface area (Å²) in [6.07, 6.45) is 8.68. The second-order valence-electron chi connectivity index (χ2n) is 6.52. The van der Waals surface area contributed by atoms with Crippen molar-refractivity contribution in [3.63, 3.8) is 0 Å². The zero-order valence-corrected chi connectivity index (χ0v) is 13.5. The summed E-state index contributed by atoms with van der Waals surface area (Å²) in [6, 6.07) is 4.10. The lowest BCUT2D eigenvalue weighted by atomic mass is 9.85. The van der Waals surface area contributed by atoms with Gasteiger partial charge < -0.3 is 10.1 Å². The van der Waals surface area contributed by atoms with Gasteiger partial charge in [0.1, 0.15) is 0 Å². The zero-order chi connectivity index (χ0) is 15.1. The van der Waals surface area contributed by atoms with E-state index in [1.165, 1.54) is 12.0 Å². The van der Waals surface area contributed by atoms with E-state index < -0.39 is 0 Å². The Morgan fingerprint density at radius 2 is 2.14 bits per heavy atom. The third-order valence-electron chi connectivity index (χ3n) is 4.04. The van der Waals surface area contributed by atoms with E-state index in [1.807, 2.05) is 12.3 Å². The average molecular weight is 288 g/mol. The van der Waals surface area contributed by atoms with Crippen LogP contribution >= 0.6 is 0 Å². The summed E-state index contributed by atoms with van der Waals surface area (Å²) in [7, 11) is 0. The molecule has 0 spiro atoms. The average Bonchev–Trinajstić information content (AvgIpc) is 2.46. The molecular weight excluding hydrogens is 260 g/mol. The zero-order valence-electron chi connectivity index (χ0n) is 13.5. The Bertz CT molecular complexity index is 456. The maximum absolute atomic E-state index is 5.91. The van der Waals surface area contributed by atoms with Crippen LogP contribution in [0, 0.1) is 17.8 Å². The standard InChI is InChI=1S/C18H28N2O/c1-14(2)11-19-12-16-8-9-20-18(10-16)21-13-17-7-5-4-6-15(17)3/h4-5,8-10,14-15,17,19H,6-7,11-13H2,1-3H3. The number of pyridine rings is 1. The van der Waals surface area contributed by atoms with Crippen LogP contribution in [0.4, 0.5) is 0 Å². The highest BCUT2D eigenvalue weighted by Crippen LogP contribution is 2.25. The van der Waals surface area contributed by atoms with E-state index in [1.54, 1.807) is 0 Å². The fourth-order valence-electron chi connectivity index (χ4n) is 2.58. The summed E-state index contributed by atoms with van der Waals surface area (Å²) in [5, 5.41) is 3.45. The predicted molar refractivity (Wildman–Crippen MR) is 87.3 cm³/mol. The molecule has 1 aliphatic rings. The molecule has 2 atom stereocenters. The van der Waals surface area contributed by atoms with Crippen molar-refractivity contribution >= 4 is 0 Å². The van der Waals surface area contributed by atoms with Crippen LogP contribution in [-0.2, 0) is 6.54 Å². The number of hydrogen-bond donors (Lipinski definition) is 1. The molecule has 0 aliphatic heterocycles. The Hall–Kier alpha value is -1.35. The smallest absolute Gasteiger partial charge is 0.213 e. The topological polar surface area (TPSA) is 34.2 Å². The first-order chi connectivity index (χ1) is 10.1. The number of aromatic nitrogens is 1. The maximum Gasteiger partial charge on any atom is 0.213 e. The molecule has 3 nitrogen and oxygen atoms in total. The molecule has 1 aromatic rings. The highest BCUT2D eigenvalue weighted by atomic mass is 16.5. The molecule has 116 valence electrons. The van der Waals surface area contributed by atoms with Crippen molar-refractivity contribution in [2.45, 2.75) is 40.2 Å². The summed E-state index contributed by atoms with van der Waals surface area (Å²) >= 11 is 0. The van der Waals surface area contributed by atoms with Gasteiger partial charge in [0, 0.05) is 18.8 Å². The molecule has 0 saturated heterocycles. The van der Waals surface area contributed by atoms with Gasteiger partial charge >= 0.3 is 0 Å². The van der Waals surface area contributed by atoms with Crippen molar-refractivity contribution in [3.05, 3.63) is 36.0 Å². The largest absolute Gasteiger partial charge is 0.477 e. The Morgan fingerprint density at radius 1 is 1.33 bits per heavy atom. The Kier molecular flexibility index (Phi) is 6.24. The normalized spacial score (nSPS) is 21.7. The summed E-state index contributed by atoms with van der Waals surface area (Å²) in [5.41, 5.74) is 1.23. The van der Waals surface area contributed by atoms with Gasteiger partial charge in [0.05, 0.1) is 6.61 Å². The summed E-state index contributed by atoms with van der Waals surface area (Å²) in [6.45, 7) is 9.41. The van der Waals surface area contributed by atoms with Gasteiger partial charge in [0.15, 0.2) is 0 Å². The molecule has 1 N–H and O–H groups in total. The van der Waals surface area contributed by atoms with Crippen LogP contribution < -0.4 is 10.1 Å². The van der Waals surface area contributed by atoms with Gasteiger partial charge in [-0.05, 0) is 48.8 Å². The van der Waals surface area contributed by atoms with Gasteiger partial charge in [-0.15, -0.1) is 0 Å². The Labute approximate surface area is 128 Å². The molecule has 0 amide bonds. The SMILES string of the molecule is CC(C)CNCc1ccnc(OCC2CC=CCC2C)c1. The fraction of sp³-hybridized carbons (Fsp3) is 0.611. The van der Waals surface area contributed by atoms with Crippen LogP contribution in [0.25, 0.3) is 0 Å². The van der Waals surface area contributed by atoms with Crippen molar-refractivity contribution < 1.29 is 4.74 Å². The summed E-state index contributed by atoms with van der Waals surface area (Å²) in [4.78, 5) is 4.32. The van der Waals surface area contributed by atoms with E-state index in [0.29, 0.717) is 17.8 Å². The molecule has 0 radical (unpaired) electrons. The first kappa shape index (κ1) is 16.0. The van der Waals surface area contributed by atoms with Crippen molar-refractivity contribution in [3.8, 4) is 5.88 Å². The lowest BCUT2D eigenvalue weighted by Crippen LogP contribution is -2.21. The van der Waals surface area contributed by atoms with Gasteiger partial charge in [-0.2, -0.15) is 0 Å². The molecule has 2 unspecified atom stereocenters. The Morgan fingerprint density at radius 3 is 2.90 bits per heavy atom. The van der Waals surface area contributed by atoms with Gasteiger partial charge in [0.25, 0.3) is 0 Å². The molecule has 1 aliphatic carbocycles. The van der Waals surface area contributed by atoms with Crippen LogP contribution in [0.1, 0.15) is 39.2 Å². The number of ether oxygens (including phenoxy) is 1. The minimum absolute atomic E-state index is 0.611. The molecular formula is C18H28N2O. The van der Waals surface area contributed by atoms with Gasteiger partial charge in [-0.3, -0.25) is 0 Å². The Balaban J connectivity index is 1.81. The lowest BCUT2D eigenvalue weighted by molar-refractivity contribution is 0.192. The highest BCUT2D eigenvalue weighted by Gasteiger charge is 2.19. The van der Waals surface area contributed by atoms with Crippen LogP contribution in [0.5, 0.6) is 5.88 Å². The van der Waals surface area contributed by atoms with Crippen molar-refractivity contribution in [1.29, 1.82) is 0 Å². The monoisotopic (exact) mass is 288 g/mol. The molecule has 1 aromatic heterocycles. The second kappa shape index (κ2) is 8.18. The van der Waals surface area contributed by atoms with E-state index in [2.05, 4.69) is 49.3 Å². The number of hydrogen-bond acceptors (Lipinski definition) is 3. The highest BCUT2D eigenvalue weighted by molar-refractivity contribution is 5.20. The van der Waals surface area contributed by atoms with E-state index in [9.17, 15) is 0 Å². The van der Waals surface area contributed by atoms with Gasteiger partial charge in [-0.1, -0.05) is 32.9 Å². The van der Waals surface area contributed by atoms with Crippen LogP contribution in [0.15, 0.2) is 30.5 Å². The molecule has 0 saturated carbocycles. The number of nitrogens with one attached hydrogen (secondary N) is 1. The molecule has 2 rings (SSSR count). The molecule has 0 fully saturated rings. The molecule has 0 aromatic carbocycles. The quantitative estimate of drug-likeness (QED) is 0.775. The molecule has 1 heterocycles. The van der Waals surface area contributed by atoms with Gasteiger partial charge in [0.2, 0.25) is 5.88 Å². The number of allylic oxidation sites excluding steroid dienone is 2. The van der Waals surface area contributed by atoms with E-state index in [0.717, 1.165) is 32.0 Å². The third kappa shape index (κ3) is 5.50. The van der Waals surface area contributed by atoms with Crippen molar-refractivity contribution in [2.24, 2.45) is 17.8 Å². The summed E-state index contributed by atoms with van der Waals surface area (Å²) < 4.78 is 5.91. The number of rotatable bonds is 7. The maximum atomic E-state index is 5.91. The first-order valence-corrected chi connectivity index (χ1v) is 8.08. The minimum atomic E-state index is 0.611. The van der Waals surface area contributed by atoms with Gasteiger partial charge in [-0.25, -0.2) is 4.98 Å². The van der Waals surface area contributed by atoms with E-state index in [-0.39, 0.29) is 0 Å². The summed E-state index contributed by atoms with van der Waals surface area (Å²) in [5.74, 6) is 2.73. The van der Waals surface area contributed by atoms with Crippen molar-refractivity contribution in [2.75, 3.05) is 13.2 Å². The predicted octanol–water partition coefficient (Wildman–Crippen LogP) is 3.81. The van der Waals surface area contributed by atoms with Crippen LogP contribution in [-0.4, -0.2) is 18.1 Å². The molecule has 0 bridgehead atoms. The van der Waals surface area contributed by atoms with Crippen LogP contribution in [0.2, 0.25) is 0 Å². The fourth-order valence-corrected chi connectivity index (χ4v) is 2.58. The van der Waals surface area contributed by atoms with E-state index in [4.69, 9.17) is 4.74 Å². The van der Waals surface area contributed by atoms with Crippen LogP contribution in [0.3, 0.4) is 0 Å². The number of nitrogens with zero attached hydrogens (tertiary/aromatic N) is 1. The van der Waals surface area contributed by atoms with E-state index >= 15 is 0 Å². The minimum Gasteiger partial charge on any atom is -0.477 e.